The first-order valence-electron chi connectivity index (χ1n) is 8.29. The Labute approximate surface area is 183 Å². The van der Waals surface area contributed by atoms with E-state index in [1.807, 2.05) is 116 Å². The van der Waals surface area contributed by atoms with Crippen LogP contribution in [-0.2, 0) is 34.1 Å². The number of allylic oxidation sites excluding steroid dienone is 7. The third-order valence-electron chi connectivity index (χ3n) is 3.54. The summed E-state index contributed by atoms with van der Waals surface area (Å²) in [6.45, 7) is 1.99. The molecule has 3 aromatic rings. The summed E-state index contributed by atoms with van der Waals surface area (Å²) in [7, 11) is 0. The SMILES string of the molecule is CC(=CC(O)=C1C=CC=C1)[c-]1cccc1.[Fe+2].[Fe].c1cc[cH-]c1.c1cc[cH-]c1. The van der Waals surface area contributed by atoms with Gasteiger partial charge in [-0.3, -0.25) is 0 Å². The molecule has 0 aromatic heterocycles. The molecule has 1 aliphatic rings. The zero-order valence-electron chi connectivity index (χ0n) is 15.1. The van der Waals surface area contributed by atoms with Crippen molar-refractivity contribution >= 4 is 5.57 Å². The predicted octanol–water partition coefficient (Wildman–Crippen LogP) is 6.55. The van der Waals surface area contributed by atoms with Crippen molar-refractivity contribution in [1.82, 2.24) is 0 Å². The number of aliphatic hydroxyl groups excluding tert-OH is 1. The van der Waals surface area contributed by atoms with Gasteiger partial charge in [0, 0.05) is 22.6 Å². The third kappa shape index (κ3) is 9.94. The van der Waals surface area contributed by atoms with Gasteiger partial charge in [-0.1, -0.05) is 37.3 Å². The minimum atomic E-state index is 0. The molecule has 3 heteroatoms. The molecule has 0 atom stereocenters. The van der Waals surface area contributed by atoms with E-state index in [2.05, 4.69) is 0 Å². The molecule has 0 saturated heterocycles. The van der Waals surface area contributed by atoms with Crippen LogP contribution in [0.4, 0.5) is 0 Å². The maximum Gasteiger partial charge on any atom is 2.00 e. The molecule has 3 aromatic carbocycles. The van der Waals surface area contributed by atoms with E-state index in [0.29, 0.717) is 5.76 Å². The Balaban J connectivity index is 0.000000465. The molecule has 1 N–H and O–H groups in total. The Kier molecular flexibility index (Phi) is 13.8. The Morgan fingerprint density at radius 3 is 1.67 bits per heavy atom. The van der Waals surface area contributed by atoms with Crippen LogP contribution in [0.1, 0.15) is 12.5 Å². The summed E-state index contributed by atoms with van der Waals surface area (Å²) in [6.07, 6.45) is 9.41. The summed E-state index contributed by atoms with van der Waals surface area (Å²) < 4.78 is 0. The van der Waals surface area contributed by atoms with Crippen molar-refractivity contribution in [1.29, 1.82) is 0 Å². The smallest absolute Gasteiger partial charge is 0.517 e. The van der Waals surface area contributed by atoms with E-state index in [9.17, 15) is 5.11 Å². The van der Waals surface area contributed by atoms with Crippen molar-refractivity contribution in [2.45, 2.75) is 6.92 Å². The normalized spacial score (nSPS) is 11.3. The van der Waals surface area contributed by atoms with E-state index in [1.165, 1.54) is 0 Å². The minimum absolute atomic E-state index is 0. The zero-order chi connectivity index (χ0) is 17.7. The summed E-state index contributed by atoms with van der Waals surface area (Å²) in [4.78, 5) is 0. The molecule has 142 valence electrons. The minimum Gasteiger partial charge on any atom is -0.517 e. The van der Waals surface area contributed by atoms with Crippen LogP contribution in [0.25, 0.3) is 5.57 Å². The Morgan fingerprint density at radius 1 is 0.852 bits per heavy atom. The molecule has 0 unspecified atom stereocenters. The van der Waals surface area contributed by atoms with Gasteiger partial charge in [-0.25, -0.2) is 24.3 Å². The van der Waals surface area contributed by atoms with Crippen molar-refractivity contribution in [3.63, 3.8) is 0 Å². The predicted molar refractivity (Wildman–Crippen MR) is 108 cm³/mol. The van der Waals surface area contributed by atoms with Gasteiger partial charge in [-0.05, 0) is 0 Å². The second kappa shape index (κ2) is 15.0. The summed E-state index contributed by atoms with van der Waals surface area (Å²) in [5.41, 5.74) is 3.08. The molecule has 0 saturated carbocycles. The van der Waals surface area contributed by atoms with Gasteiger partial charge in [0.15, 0.2) is 0 Å². The third-order valence-corrected chi connectivity index (χ3v) is 3.54. The quantitative estimate of drug-likeness (QED) is 0.273. The van der Waals surface area contributed by atoms with Gasteiger partial charge in [0.2, 0.25) is 0 Å². The average molecular weight is 439 g/mol. The van der Waals surface area contributed by atoms with Crippen molar-refractivity contribution in [2.75, 3.05) is 0 Å². The van der Waals surface area contributed by atoms with Gasteiger partial charge in [-0.15, -0.1) is 23.3 Å². The number of rotatable bonds is 2. The molecule has 0 heterocycles. The van der Waals surface area contributed by atoms with Gasteiger partial charge in [0.05, 0.1) is 5.76 Å². The molecule has 0 amide bonds. The average Bonchev–Trinajstić information content (AvgIpc) is 3.48. The van der Waals surface area contributed by atoms with Crippen LogP contribution in [0.3, 0.4) is 0 Å². The van der Waals surface area contributed by atoms with Gasteiger partial charge in [0.1, 0.15) is 0 Å². The van der Waals surface area contributed by atoms with Crippen LogP contribution in [-0.4, -0.2) is 5.11 Å². The monoisotopic (exact) mass is 439 g/mol. The van der Waals surface area contributed by atoms with E-state index >= 15 is 0 Å². The standard InChI is InChI=1S/C14H13O.2C5H5.2Fe/c1-11(12-6-2-3-7-12)10-14(15)13-8-4-5-9-13;2*1-2-4-5-3-1;;/h2-10,15H,1H3;2*1-5H;;/q3*-1;;+2. The fraction of sp³-hybridized carbons (Fsp3) is 0.0417. The Bertz CT molecular complexity index is 725. The molecule has 0 aliphatic heterocycles. The van der Waals surface area contributed by atoms with E-state index in [4.69, 9.17) is 0 Å². The van der Waals surface area contributed by atoms with Crippen molar-refractivity contribution in [2.24, 2.45) is 0 Å². The van der Waals surface area contributed by atoms with E-state index < -0.39 is 0 Å². The molecule has 0 spiro atoms. The molecule has 0 bridgehead atoms. The van der Waals surface area contributed by atoms with Crippen molar-refractivity contribution in [3.8, 4) is 0 Å². The van der Waals surface area contributed by atoms with E-state index in [1.54, 1.807) is 6.08 Å². The molecule has 0 fully saturated rings. The summed E-state index contributed by atoms with van der Waals surface area (Å²) in [6, 6.07) is 28.0. The Hall–Kier alpha value is -2.15. The maximum absolute atomic E-state index is 9.82. The maximum atomic E-state index is 9.82. The number of hydrogen-bond donors (Lipinski definition) is 1. The fourth-order valence-electron chi connectivity index (χ4n) is 2.19. The fourth-order valence-corrected chi connectivity index (χ4v) is 2.19. The summed E-state index contributed by atoms with van der Waals surface area (Å²) >= 11 is 0. The topological polar surface area (TPSA) is 20.2 Å². The first kappa shape index (κ1) is 24.8. The van der Waals surface area contributed by atoms with E-state index in [-0.39, 0.29) is 34.1 Å². The molecule has 0 radical (unpaired) electrons. The zero-order valence-corrected chi connectivity index (χ0v) is 17.3. The summed E-state index contributed by atoms with van der Waals surface area (Å²) in [5.74, 6) is 0.318. The molecule has 27 heavy (non-hydrogen) atoms. The molecule has 1 aliphatic carbocycles. The van der Waals surface area contributed by atoms with Crippen molar-refractivity contribution in [3.05, 3.63) is 132 Å². The largest absolute Gasteiger partial charge is 2.00 e. The van der Waals surface area contributed by atoms with Crippen LogP contribution in [0.5, 0.6) is 0 Å². The first-order chi connectivity index (χ1) is 12.3. The Morgan fingerprint density at radius 2 is 1.30 bits per heavy atom. The molecule has 1 nitrogen and oxygen atoms in total. The molecule has 4 rings (SSSR count). The number of aliphatic hydroxyl groups is 1. The van der Waals surface area contributed by atoms with Crippen molar-refractivity contribution < 1.29 is 39.2 Å². The van der Waals surface area contributed by atoms with Crippen LogP contribution in [0.2, 0.25) is 0 Å². The van der Waals surface area contributed by atoms with E-state index in [0.717, 1.165) is 16.7 Å². The molecular weight excluding hydrogens is 416 g/mol. The first-order valence-corrected chi connectivity index (χ1v) is 8.29. The second-order valence-corrected chi connectivity index (χ2v) is 5.48. The van der Waals surface area contributed by atoms with Gasteiger partial charge >= 0.3 is 17.1 Å². The van der Waals surface area contributed by atoms with Gasteiger partial charge in [-0.2, -0.15) is 48.5 Å². The summed E-state index contributed by atoms with van der Waals surface area (Å²) in [5, 5.41) is 9.82. The van der Waals surface area contributed by atoms with Gasteiger partial charge in [0.25, 0.3) is 0 Å². The van der Waals surface area contributed by atoms with Crippen LogP contribution in [0.15, 0.2) is 127 Å². The second-order valence-electron chi connectivity index (χ2n) is 5.48. The van der Waals surface area contributed by atoms with Crippen LogP contribution in [0, 0.1) is 0 Å². The van der Waals surface area contributed by atoms with Gasteiger partial charge < -0.3 is 5.11 Å². The van der Waals surface area contributed by atoms with Crippen LogP contribution >= 0.6 is 0 Å². The number of hydrogen-bond acceptors (Lipinski definition) is 1. The molecular formula is C24H23Fe2O-. The van der Waals surface area contributed by atoms with Crippen LogP contribution < -0.4 is 0 Å².